The number of sulfone groups is 1. The molecule has 0 aliphatic carbocycles. The van der Waals surface area contributed by atoms with Crippen LogP contribution in [0.25, 0.3) is 0 Å². The summed E-state index contributed by atoms with van der Waals surface area (Å²) in [6.45, 7) is 1.74. The lowest BCUT2D eigenvalue weighted by Crippen LogP contribution is -2.12. The zero-order valence-corrected chi connectivity index (χ0v) is 10.9. The van der Waals surface area contributed by atoms with Gasteiger partial charge < -0.3 is 9.67 Å². The second-order valence-corrected chi connectivity index (χ2v) is 6.14. The van der Waals surface area contributed by atoms with Crippen LogP contribution in [0.3, 0.4) is 0 Å². The van der Waals surface area contributed by atoms with Gasteiger partial charge >= 0.3 is 0 Å². The molecule has 1 aromatic carbocycles. The highest BCUT2D eigenvalue weighted by Crippen LogP contribution is 2.15. The van der Waals surface area contributed by atoms with Crippen LogP contribution in [-0.4, -0.2) is 18.1 Å². The lowest BCUT2D eigenvalue weighted by molar-refractivity contribution is 0.272. The molecular weight excluding hydrogens is 250 g/mol. The van der Waals surface area contributed by atoms with Crippen molar-refractivity contribution in [2.45, 2.75) is 24.3 Å². The van der Waals surface area contributed by atoms with Crippen molar-refractivity contribution in [1.82, 2.24) is 4.57 Å². The molecule has 0 fully saturated rings. The largest absolute Gasteiger partial charge is 0.390 e. The van der Waals surface area contributed by atoms with Crippen molar-refractivity contribution in [3.63, 3.8) is 0 Å². The molecule has 0 bridgehead atoms. The predicted molar refractivity (Wildman–Crippen MR) is 68.7 cm³/mol. The first-order chi connectivity index (χ1) is 8.53. The van der Waals surface area contributed by atoms with Crippen LogP contribution in [0.15, 0.2) is 47.5 Å². The minimum atomic E-state index is -3.38. The molecule has 0 aliphatic rings. The molecule has 0 unspecified atom stereocenters. The van der Waals surface area contributed by atoms with E-state index in [-0.39, 0.29) is 12.5 Å². The Kier molecular flexibility index (Phi) is 3.54. The first-order valence-corrected chi connectivity index (χ1v) is 7.22. The van der Waals surface area contributed by atoms with E-state index in [1.807, 2.05) is 6.92 Å². The maximum absolute atomic E-state index is 12.2. The monoisotopic (exact) mass is 265 g/mol. The fourth-order valence-electron chi connectivity index (χ4n) is 1.72. The summed E-state index contributed by atoms with van der Waals surface area (Å²) < 4.78 is 25.9. The summed E-state index contributed by atoms with van der Waals surface area (Å²) in [5, 5.41) is 9.10. The molecule has 0 atom stereocenters. The number of rotatable bonds is 4. The standard InChI is InChI=1S/C13H15NO3S/c1-11-4-6-13(7-5-11)18(16,17)10-14-8-2-3-12(14)9-15/h2-8,15H,9-10H2,1H3. The molecule has 0 saturated carbocycles. The summed E-state index contributed by atoms with van der Waals surface area (Å²) in [7, 11) is -3.38. The normalized spacial score (nSPS) is 11.7. The number of aromatic nitrogens is 1. The van der Waals surface area contributed by atoms with Crippen molar-refractivity contribution in [1.29, 1.82) is 0 Å². The van der Waals surface area contributed by atoms with Crippen LogP contribution in [0.2, 0.25) is 0 Å². The predicted octanol–water partition coefficient (Wildman–Crippen LogP) is 1.72. The summed E-state index contributed by atoms with van der Waals surface area (Å²) >= 11 is 0. The van der Waals surface area contributed by atoms with Gasteiger partial charge in [-0.1, -0.05) is 17.7 Å². The summed E-state index contributed by atoms with van der Waals surface area (Å²) in [5.74, 6) is -0.154. The molecule has 0 radical (unpaired) electrons. The van der Waals surface area contributed by atoms with Crippen LogP contribution >= 0.6 is 0 Å². The lowest BCUT2D eigenvalue weighted by atomic mass is 10.2. The molecule has 2 aromatic rings. The van der Waals surface area contributed by atoms with Crippen molar-refractivity contribution in [3.8, 4) is 0 Å². The first kappa shape index (κ1) is 12.9. The van der Waals surface area contributed by atoms with Gasteiger partial charge in [-0.05, 0) is 31.2 Å². The zero-order chi connectivity index (χ0) is 13.2. The average Bonchev–Trinajstić information content (AvgIpc) is 2.76. The van der Waals surface area contributed by atoms with Gasteiger partial charge in [0.05, 0.1) is 11.5 Å². The number of benzene rings is 1. The fourth-order valence-corrected chi connectivity index (χ4v) is 3.04. The van der Waals surface area contributed by atoms with Crippen LogP contribution in [0.4, 0.5) is 0 Å². The Morgan fingerprint density at radius 3 is 2.44 bits per heavy atom. The molecular formula is C13H15NO3S. The van der Waals surface area contributed by atoms with E-state index in [0.717, 1.165) is 5.56 Å². The molecule has 5 heteroatoms. The van der Waals surface area contributed by atoms with Crippen molar-refractivity contribution in [2.24, 2.45) is 0 Å². The van der Waals surface area contributed by atoms with Gasteiger partial charge in [-0.2, -0.15) is 0 Å². The van der Waals surface area contributed by atoms with Gasteiger partial charge in [0.1, 0.15) is 5.88 Å². The van der Waals surface area contributed by atoms with Crippen LogP contribution < -0.4 is 0 Å². The summed E-state index contributed by atoms with van der Waals surface area (Å²) in [6.07, 6.45) is 1.65. The highest BCUT2D eigenvalue weighted by Gasteiger charge is 2.15. The van der Waals surface area contributed by atoms with Crippen LogP contribution in [0.1, 0.15) is 11.3 Å². The van der Waals surface area contributed by atoms with Crippen molar-refractivity contribution >= 4 is 9.84 Å². The molecule has 2 rings (SSSR count). The molecule has 0 spiro atoms. The Balaban J connectivity index is 2.30. The number of hydrogen-bond donors (Lipinski definition) is 1. The van der Waals surface area contributed by atoms with E-state index in [2.05, 4.69) is 0 Å². The summed E-state index contributed by atoms with van der Waals surface area (Å²) in [4.78, 5) is 0.297. The molecule has 1 N–H and O–H groups in total. The Hall–Kier alpha value is -1.59. The van der Waals surface area contributed by atoms with Gasteiger partial charge in [-0.15, -0.1) is 0 Å². The minimum absolute atomic E-state index is 0.154. The van der Waals surface area contributed by atoms with E-state index in [0.29, 0.717) is 10.6 Å². The first-order valence-electron chi connectivity index (χ1n) is 5.57. The molecule has 96 valence electrons. The van der Waals surface area contributed by atoms with Crippen molar-refractivity contribution < 1.29 is 13.5 Å². The van der Waals surface area contributed by atoms with E-state index in [4.69, 9.17) is 5.11 Å². The van der Waals surface area contributed by atoms with Gasteiger partial charge in [0.2, 0.25) is 0 Å². The smallest absolute Gasteiger partial charge is 0.196 e. The Labute approximate surface area is 106 Å². The second kappa shape index (κ2) is 4.96. The topological polar surface area (TPSA) is 59.3 Å². The number of nitrogens with zero attached hydrogens (tertiary/aromatic N) is 1. The molecule has 1 heterocycles. The van der Waals surface area contributed by atoms with Crippen LogP contribution in [-0.2, 0) is 22.3 Å². The van der Waals surface area contributed by atoms with Crippen molar-refractivity contribution in [2.75, 3.05) is 0 Å². The third-order valence-corrected chi connectivity index (χ3v) is 4.38. The summed E-state index contributed by atoms with van der Waals surface area (Å²) in [5.41, 5.74) is 1.61. The Morgan fingerprint density at radius 1 is 1.17 bits per heavy atom. The van der Waals surface area contributed by atoms with E-state index >= 15 is 0 Å². The van der Waals surface area contributed by atoms with E-state index < -0.39 is 9.84 Å². The third kappa shape index (κ3) is 2.63. The van der Waals surface area contributed by atoms with Gasteiger partial charge in [0.15, 0.2) is 9.84 Å². The second-order valence-electron chi connectivity index (χ2n) is 4.18. The SMILES string of the molecule is Cc1ccc(S(=O)(=O)Cn2cccc2CO)cc1. The van der Waals surface area contributed by atoms with Crippen LogP contribution in [0, 0.1) is 6.92 Å². The Morgan fingerprint density at radius 2 is 1.83 bits per heavy atom. The number of aliphatic hydroxyl groups is 1. The van der Waals surface area contributed by atoms with E-state index in [1.54, 1.807) is 42.6 Å². The van der Waals surface area contributed by atoms with Gasteiger partial charge in [-0.25, -0.2) is 8.42 Å². The highest BCUT2D eigenvalue weighted by molar-refractivity contribution is 7.90. The van der Waals surface area contributed by atoms with Crippen LogP contribution in [0.5, 0.6) is 0 Å². The maximum Gasteiger partial charge on any atom is 0.196 e. The van der Waals surface area contributed by atoms with E-state index in [9.17, 15) is 8.42 Å². The minimum Gasteiger partial charge on any atom is -0.390 e. The lowest BCUT2D eigenvalue weighted by Gasteiger charge is -2.09. The average molecular weight is 265 g/mol. The van der Waals surface area contributed by atoms with Gasteiger partial charge in [0.25, 0.3) is 0 Å². The quantitative estimate of drug-likeness (QED) is 0.915. The molecule has 0 aliphatic heterocycles. The zero-order valence-electron chi connectivity index (χ0n) is 10.1. The third-order valence-electron chi connectivity index (χ3n) is 2.77. The van der Waals surface area contributed by atoms with Gasteiger partial charge in [0, 0.05) is 11.9 Å². The molecule has 18 heavy (non-hydrogen) atoms. The van der Waals surface area contributed by atoms with E-state index in [1.165, 1.54) is 4.57 Å². The van der Waals surface area contributed by atoms with Crippen molar-refractivity contribution in [3.05, 3.63) is 53.9 Å². The number of aliphatic hydroxyl groups excluding tert-OH is 1. The number of aryl methyl sites for hydroxylation is 1. The number of hydrogen-bond acceptors (Lipinski definition) is 3. The molecule has 1 aromatic heterocycles. The molecule has 0 amide bonds. The Bertz CT molecular complexity index is 627. The molecule has 4 nitrogen and oxygen atoms in total. The van der Waals surface area contributed by atoms with Gasteiger partial charge in [-0.3, -0.25) is 0 Å². The highest BCUT2D eigenvalue weighted by atomic mass is 32.2. The molecule has 0 saturated heterocycles. The summed E-state index contributed by atoms with van der Waals surface area (Å²) in [6, 6.07) is 10.2. The fraction of sp³-hybridized carbons (Fsp3) is 0.231. The maximum atomic E-state index is 12.2.